The molecule has 98 valence electrons. The van der Waals surface area contributed by atoms with Crippen LogP contribution < -0.4 is 5.32 Å². The summed E-state index contributed by atoms with van der Waals surface area (Å²) in [5.41, 5.74) is 0.822. The molecular weight excluding hydrogens is 254 g/mol. The Morgan fingerprint density at radius 3 is 2.44 bits per heavy atom. The summed E-state index contributed by atoms with van der Waals surface area (Å²) in [6.45, 7) is 3.48. The minimum absolute atomic E-state index is 0.106. The lowest BCUT2D eigenvalue weighted by Gasteiger charge is -2.17. The average Bonchev–Trinajstić information content (AvgIpc) is 2.28. The Morgan fingerprint density at radius 2 is 1.94 bits per heavy atom. The van der Waals surface area contributed by atoms with Gasteiger partial charge in [0, 0.05) is 11.9 Å². The molecule has 0 heterocycles. The van der Waals surface area contributed by atoms with E-state index in [0.29, 0.717) is 11.6 Å². The van der Waals surface area contributed by atoms with E-state index in [1.54, 1.807) is 31.2 Å². The van der Waals surface area contributed by atoms with Crippen molar-refractivity contribution in [2.24, 2.45) is 0 Å². The summed E-state index contributed by atoms with van der Waals surface area (Å²) in [5.74, 6) is -0.537. The molecule has 1 atom stereocenters. The number of halogens is 1. The van der Waals surface area contributed by atoms with Gasteiger partial charge >= 0.3 is 5.97 Å². The molecule has 1 aromatic carbocycles. The van der Waals surface area contributed by atoms with Crippen molar-refractivity contribution in [3.05, 3.63) is 34.9 Å². The maximum absolute atomic E-state index is 11.5. The fourth-order valence-corrected chi connectivity index (χ4v) is 1.71. The summed E-state index contributed by atoms with van der Waals surface area (Å²) >= 11 is 5.80. The van der Waals surface area contributed by atoms with Gasteiger partial charge in [0.2, 0.25) is 5.91 Å². The topological polar surface area (TPSA) is 55.4 Å². The summed E-state index contributed by atoms with van der Waals surface area (Å²) in [5, 5.41) is 3.33. The molecule has 1 N–H and O–H groups in total. The Labute approximate surface area is 111 Å². The van der Waals surface area contributed by atoms with Crippen molar-refractivity contribution < 1.29 is 14.3 Å². The SMILES string of the molecule is CCOC(=O)C[C@H](NC(C)=O)c1ccc(Cl)cc1. The van der Waals surface area contributed by atoms with Gasteiger partial charge in [-0.05, 0) is 24.6 Å². The number of amides is 1. The standard InChI is InChI=1S/C13H16ClNO3/c1-3-18-13(17)8-12(15-9(2)16)10-4-6-11(14)7-5-10/h4-7,12H,3,8H2,1-2H3,(H,15,16)/t12-/m0/s1. The van der Waals surface area contributed by atoms with Crippen molar-refractivity contribution in [3.63, 3.8) is 0 Å². The highest BCUT2D eigenvalue weighted by Gasteiger charge is 2.17. The lowest BCUT2D eigenvalue weighted by Crippen LogP contribution is -2.28. The molecule has 0 spiro atoms. The number of rotatable bonds is 5. The summed E-state index contributed by atoms with van der Waals surface area (Å²) in [6.07, 6.45) is 0.106. The van der Waals surface area contributed by atoms with Crippen LogP contribution in [0, 0.1) is 0 Å². The highest BCUT2D eigenvalue weighted by atomic mass is 35.5. The lowest BCUT2D eigenvalue weighted by atomic mass is 10.0. The molecule has 5 heteroatoms. The molecule has 0 saturated heterocycles. The third-order valence-corrected chi connectivity index (χ3v) is 2.58. The Hall–Kier alpha value is -1.55. The van der Waals surface area contributed by atoms with Crippen LogP contribution in [0.1, 0.15) is 31.9 Å². The van der Waals surface area contributed by atoms with Crippen molar-refractivity contribution in [1.29, 1.82) is 0 Å². The minimum atomic E-state index is -0.390. The van der Waals surface area contributed by atoms with E-state index in [2.05, 4.69) is 5.32 Å². The van der Waals surface area contributed by atoms with Gasteiger partial charge in [-0.25, -0.2) is 0 Å². The van der Waals surface area contributed by atoms with Gasteiger partial charge in [-0.15, -0.1) is 0 Å². The Bertz CT molecular complexity index is 417. The number of hydrogen-bond donors (Lipinski definition) is 1. The molecule has 0 aromatic heterocycles. The molecule has 0 saturated carbocycles. The fraction of sp³-hybridized carbons (Fsp3) is 0.385. The summed E-state index contributed by atoms with van der Waals surface area (Å²) in [7, 11) is 0. The van der Waals surface area contributed by atoms with Crippen molar-refractivity contribution in [2.45, 2.75) is 26.3 Å². The largest absolute Gasteiger partial charge is 0.466 e. The molecule has 4 nitrogen and oxygen atoms in total. The monoisotopic (exact) mass is 269 g/mol. The van der Waals surface area contributed by atoms with E-state index in [-0.39, 0.29) is 24.3 Å². The summed E-state index contributed by atoms with van der Waals surface area (Å²) in [4.78, 5) is 22.6. The zero-order valence-electron chi connectivity index (χ0n) is 10.4. The molecule has 18 heavy (non-hydrogen) atoms. The molecule has 0 fully saturated rings. The zero-order valence-corrected chi connectivity index (χ0v) is 11.2. The average molecular weight is 270 g/mol. The predicted molar refractivity (Wildman–Crippen MR) is 69.3 cm³/mol. The molecule has 0 unspecified atom stereocenters. The van der Waals surface area contributed by atoms with Gasteiger partial charge in [-0.2, -0.15) is 0 Å². The number of esters is 1. The molecule has 0 radical (unpaired) electrons. The van der Waals surface area contributed by atoms with E-state index in [0.717, 1.165) is 5.56 Å². The van der Waals surface area contributed by atoms with Gasteiger partial charge in [-0.3, -0.25) is 9.59 Å². The number of carbonyl (C=O) groups is 2. The Morgan fingerprint density at radius 1 is 1.33 bits per heavy atom. The fourth-order valence-electron chi connectivity index (χ4n) is 1.58. The van der Waals surface area contributed by atoms with Gasteiger partial charge < -0.3 is 10.1 Å². The third-order valence-electron chi connectivity index (χ3n) is 2.33. The lowest BCUT2D eigenvalue weighted by molar-refractivity contribution is -0.143. The van der Waals surface area contributed by atoms with Gasteiger partial charge in [-0.1, -0.05) is 23.7 Å². The smallest absolute Gasteiger partial charge is 0.308 e. The zero-order chi connectivity index (χ0) is 13.5. The second-order valence-electron chi connectivity index (χ2n) is 3.81. The van der Waals surface area contributed by atoms with Crippen molar-refractivity contribution in [2.75, 3.05) is 6.61 Å². The van der Waals surface area contributed by atoms with Gasteiger partial charge in [0.25, 0.3) is 0 Å². The number of ether oxygens (including phenoxy) is 1. The van der Waals surface area contributed by atoms with E-state index in [1.165, 1.54) is 6.92 Å². The van der Waals surface area contributed by atoms with E-state index in [4.69, 9.17) is 16.3 Å². The first-order valence-electron chi connectivity index (χ1n) is 5.71. The maximum atomic E-state index is 11.5. The van der Waals surface area contributed by atoms with Crippen LogP contribution in [0.15, 0.2) is 24.3 Å². The van der Waals surface area contributed by atoms with Crippen molar-refractivity contribution in [3.8, 4) is 0 Å². The third kappa shape index (κ3) is 4.75. The molecule has 0 aliphatic heterocycles. The van der Waals surface area contributed by atoms with Crippen LogP contribution in [0.3, 0.4) is 0 Å². The molecule has 0 aliphatic carbocycles. The second kappa shape index (κ2) is 7.01. The molecule has 1 aromatic rings. The molecule has 0 aliphatic rings. The first-order chi connectivity index (χ1) is 8.52. The number of benzene rings is 1. The normalized spacial score (nSPS) is 11.7. The summed E-state index contributed by atoms with van der Waals surface area (Å²) < 4.78 is 4.88. The second-order valence-corrected chi connectivity index (χ2v) is 4.25. The first-order valence-corrected chi connectivity index (χ1v) is 6.09. The van der Waals surface area contributed by atoms with Crippen molar-refractivity contribution >= 4 is 23.5 Å². The van der Waals surface area contributed by atoms with Crippen LogP contribution in [0.5, 0.6) is 0 Å². The van der Waals surface area contributed by atoms with E-state index in [1.807, 2.05) is 0 Å². The molecule has 1 amide bonds. The van der Waals surface area contributed by atoms with Crippen LogP contribution in [0.25, 0.3) is 0 Å². The van der Waals surface area contributed by atoms with Gasteiger partial charge in [0.15, 0.2) is 0 Å². The number of hydrogen-bond acceptors (Lipinski definition) is 3. The van der Waals surface area contributed by atoms with E-state index < -0.39 is 0 Å². The van der Waals surface area contributed by atoms with Crippen LogP contribution in [0.4, 0.5) is 0 Å². The maximum Gasteiger partial charge on any atom is 0.308 e. The summed E-state index contributed by atoms with van der Waals surface area (Å²) in [6, 6.07) is 6.61. The predicted octanol–water partition coefficient (Wildman–Crippen LogP) is 2.47. The van der Waals surface area contributed by atoms with Crippen LogP contribution in [0.2, 0.25) is 5.02 Å². The number of nitrogens with one attached hydrogen (secondary N) is 1. The highest BCUT2D eigenvalue weighted by Crippen LogP contribution is 2.20. The Kier molecular flexibility index (Phi) is 5.65. The first kappa shape index (κ1) is 14.5. The van der Waals surface area contributed by atoms with Gasteiger partial charge in [0.05, 0.1) is 19.1 Å². The Balaban J connectivity index is 2.80. The van der Waals surface area contributed by atoms with Crippen molar-refractivity contribution in [1.82, 2.24) is 5.32 Å². The van der Waals surface area contributed by atoms with E-state index in [9.17, 15) is 9.59 Å². The quantitative estimate of drug-likeness (QED) is 0.836. The molecule has 0 bridgehead atoms. The molecule has 1 rings (SSSR count). The van der Waals surface area contributed by atoms with Crippen LogP contribution in [-0.4, -0.2) is 18.5 Å². The van der Waals surface area contributed by atoms with Crippen LogP contribution in [-0.2, 0) is 14.3 Å². The van der Waals surface area contributed by atoms with E-state index >= 15 is 0 Å². The molecular formula is C13H16ClNO3. The minimum Gasteiger partial charge on any atom is -0.466 e. The van der Waals surface area contributed by atoms with Crippen LogP contribution >= 0.6 is 11.6 Å². The highest BCUT2D eigenvalue weighted by molar-refractivity contribution is 6.30. The number of carbonyl (C=O) groups excluding carboxylic acids is 2. The van der Waals surface area contributed by atoms with Gasteiger partial charge in [0.1, 0.15) is 0 Å².